The Kier molecular flexibility index (Phi) is 3.07. The van der Waals surface area contributed by atoms with Gasteiger partial charge in [-0.1, -0.05) is 18.0 Å². The van der Waals surface area contributed by atoms with Crippen LogP contribution in [-0.4, -0.2) is 27.8 Å². The molecule has 20 heavy (non-hydrogen) atoms. The fourth-order valence-electron chi connectivity index (χ4n) is 3.39. The van der Waals surface area contributed by atoms with E-state index in [1.54, 1.807) is 0 Å². The smallest absolute Gasteiger partial charge is 0.232 e. The van der Waals surface area contributed by atoms with Gasteiger partial charge < -0.3 is 14.4 Å². The lowest BCUT2D eigenvalue weighted by Gasteiger charge is -2.23. The molecule has 0 aromatic carbocycles. The monoisotopic (exact) mass is 272 g/mol. The van der Waals surface area contributed by atoms with Gasteiger partial charge in [0.2, 0.25) is 5.89 Å². The molecule has 1 atom stereocenters. The predicted octanol–water partition coefficient (Wildman–Crippen LogP) is 2.34. The Morgan fingerprint density at radius 2 is 1.95 bits per heavy atom. The highest BCUT2D eigenvalue weighted by molar-refractivity contribution is 5.08. The molecule has 1 saturated heterocycles. The first kappa shape index (κ1) is 12.1. The number of hydrogen-bond donors (Lipinski definition) is 1. The van der Waals surface area contributed by atoms with Gasteiger partial charge in [-0.15, -0.1) is 0 Å². The van der Waals surface area contributed by atoms with Crippen molar-refractivity contribution < 1.29 is 4.52 Å². The number of hydrogen-bond acceptors (Lipinski definition) is 4. The lowest BCUT2D eigenvalue weighted by Crippen LogP contribution is -2.40. The third-order valence-electron chi connectivity index (χ3n) is 4.65. The van der Waals surface area contributed by atoms with Crippen LogP contribution in [0.15, 0.2) is 29.0 Å². The Labute approximate surface area is 118 Å². The maximum Gasteiger partial charge on any atom is 0.232 e. The van der Waals surface area contributed by atoms with Crippen LogP contribution in [-0.2, 0) is 0 Å². The highest BCUT2D eigenvalue weighted by Crippen LogP contribution is 2.37. The minimum atomic E-state index is 0.234. The van der Waals surface area contributed by atoms with Crippen LogP contribution >= 0.6 is 0 Å². The Morgan fingerprint density at radius 3 is 2.60 bits per heavy atom. The summed E-state index contributed by atoms with van der Waals surface area (Å²) in [4.78, 5) is 4.69. The number of aromatic nitrogens is 3. The lowest BCUT2D eigenvalue weighted by atomic mass is 9.97. The van der Waals surface area contributed by atoms with E-state index in [0.717, 1.165) is 24.8 Å². The standard InChI is InChI=1S/C15H20N4O/c1-2-6-11(5-1)13(19-7-3-4-8-19)14-17-15(20-18-14)12-9-16-10-12/h3-4,7-8,11-13,16H,1-2,5-6,9-10H2/t13-/m1/s1. The quantitative estimate of drug-likeness (QED) is 0.928. The number of rotatable bonds is 4. The molecule has 1 aliphatic heterocycles. The summed E-state index contributed by atoms with van der Waals surface area (Å²) in [6.07, 6.45) is 9.39. The lowest BCUT2D eigenvalue weighted by molar-refractivity contribution is 0.299. The fourth-order valence-corrected chi connectivity index (χ4v) is 3.39. The Balaban J connectivity index is 1.64. The van der Waals surface area contributed by atoms with Gasteiger partial charge in [-0.3, -0.25) is 0 Å². The van der Waals surface area contributed by atoms with Crippen molar-refractivity contribution in [3.05, 3.63) is 36.2 Å². The number of nitrogens with one attached hydrogen (secondary N) is 1. The molecule has 5 nitrogen and oxygen atoms in total. The van der Waals surface area contributed by atoms with E-state index in [1.807, 2.05) is 0 Å². The summed E-state index contributed by atoms with van der Waals surface area (Å²) in [6, 6.07) is 4.37. The zero-order valence-corrected chi connectivity index (χ0v) is 11.5. The number of nitrogens with zero attached hydrogens (tertiary/aromatic N) is 3. The van der Waals surface area contributed by atoms with Gasteiger partial charge >= 0.3 is 0 Å². The van der Waals surface area contributed by atoms with Crippen LogP contribution in [0.1, 0.15) is 49.4 Å². The van der Waals surface area contributed by atoms with Crippen molar-refractivity contribution in [1.29, 1.82) is 0 Å². The maximum absolute atomic E-state index is 5.49. The molecule has 3 heterocycles. The molecular formula is C15H20N4O. The molecule has 0 bridgehead atoms. The van der Waals surface area contributed by atoms with Crippen molar-refractivity contribution in [2.24, 2.45) is 5.92 Å². The van der Waals surface area contributed by atoms with Crippen molar-refractivity contribution in [3.8, 4) is 0 Å². The van der Waals surface area contributed by atoms with Crippen LogP contribution in [0.25, 0.3) is 0 Å². The molecule has 0 radical (unpaired) electrons. The summed E-state index contributed by atoms with van der Waals surface area (Å²) in [5, 5.41) is 7.53. The molecule has 0 unspecified atom stereocenters. The molecule has 1 saturated carbocycles. The van der Waals surface area contributed by atoms with Crippen LogP contribution in [0.5, 0.6) is 0 Å². The second-order valence-corrected chi connectivity index (χ2v) is 5.97. The molecule has 2 aromatic heterocycles. The summed E-state index contributed by atoms with van der Waals surface area (Å²) in [5.74, 6) is 2.70. The van der Waals surface area contributed by atoms with Gasteiger partial charge in [0, 0.05) is 25.5 Å². The predicted molar refractivity (Wildman–Crippen MR) is 74.4 cm³/mol. The first-order valence-corrected chi connectivity index (χ1v) is 7.58. The zero-order chi connectivity index (χ0) is 13.4. The molecule has 1 N–H and O–H groups in total. The first-order valence-electron chi connectivity index (χ1n) is 7.58. The summed E-state index contributed by atoms with van der Waals surface area (Å²) in [7, 11) is 0. The van der Waals surface area contributed by atoms with Crippen molar-refractivity contribution in [2.75, 3.05) is 13.1 Å². The summed E-state index contributed by atoms with van der Waals surface area (Å²) in [6.45, 7) is 1.92. The van der Waals surface area contributed by atoms with E-state index in [0.29, 0.717) is 11.8 Å². The second-order valence-electron chi connectivity index (χ2n) is 5.97. The molecular weight excluding hydrogens is 252 g/mol. The fraction of sp³-hybridized carbons (Fsp3) is 0.600. The maximum atomic E-state index is 5.49. The van der Waals surface area contributed by atoms with Crippen molar-refractivity contribution >= 4 is 0 Å². The average molecular weight is 272 g/mol. The van der Waals surface area contributed by atoms with E-state index in [2.05, 4.69) is 39.6 Å². The van der Waals surface area contributed by atoms with Gasteiger partial charge in [0.15, 0.2) is 5.82 Å². The van der Waals surface area contributed by atoms with E-state index in [1.165, 1.54) is 25.7 Å². The second kappa shape index (κ2) is 5.05. The van der Waals surface area contributed by atoms with E-state index >= 15 is 0 Å². The molecule has 2 aliphatic rings. The Bertz CT molecular complexity index is 552. The van der Waals surface area contributed by atoms with E-state index < -0.39 is 0 Å². The minimum Gasteiger partial charge on any atom is -0.343 e. The van der Waals surface area contributed by atoms with Gasteiger partial charge in [0.05, 0.1) is 12.0 Å². The summed E-state index contributed by atoms with van der Waals surface area (Å²) >= 11 is 0. The highest BCUT2D eigenvalue weighted by Gasteiger charge is 2.33. The average Bonchev–Trinajstić information content (AvgIpc) is 3.10. The van der Waals surface area contributed by atoms with Gasteiger partial charge in [-0.25, -0.2) is 0 Å². The molecule has 0 spiro atoms. The molecule has 1 aliphatic carbocycles. The zero-order valence-electron chi connectivity index (χ0n) is 11.5. The van der Waals surface area contributed by atoms with Crippen LogP contribution in [0.2, 0.25) is 0 Å². The van der Waals surface area contributed by atoms with Gasteiger partial charge in [-0.2, -0.15) is 4.98 Å². The van der Waals surface area contributed by atoms with Crippen LogP contribution in [0.3, 0.4) is 0 Å². The van der Waals surface area contributed by atoms with Crippen molar-refractivity contribution in [1.82, 2.24) is 20.0 Å². The van der Waals surface area contributed by atoms with Gasteiger partial charge in [-0.05, 0) is 30.9 Å². The summed E-state index contributed by atoms with van der Waals surface area (Å²) in [5.41, 5.74) is 0. The van der Waals surface area contributed by atoms with Crippen LogP contribution in [0.4, 0.5) is 0 Å². The van der Waals surface area contributed by atoms with Crippen LogP contribution < -0.4 is 5.32 Å². The molecule has 2 aromatic rings. The molecule has 2 fully saturated rings. The van der Waals surface area contributed by atoms with Crippen LogP contribution in [0, 0.1) is 5.92 Å². The molecule has 0 amide bonds. The largest absolute Gasteiger partial charge is 0.343 e. The van der Waals surface area contributed by atoms with Crippen molar-refractivity contribution in [3.63, 3.8) is 0 Å². The molecule has 5 heteroatoms. The Morgan fingerprint density at radius 1 is 1.20 bits per heavy atom. The van der Waals surface area contributed by atoms with Crippen molar-refractivity contribution in [2.45, 2.75) is 37.6 Å². The van der Waals surface area contributed by atoms with Gasteiger partial charge in [0.25, 0.3) is 0 Å². The highest BCUT2D eigenvalue weighted by atomic mass is 16.5. The normalized spacial score (nSPS) is 22.0. The summed E-state index contributed by atoms with van der Waals surface area (Å²) < 4.78 is 7.73. The van der Waals surface area contributed by atoms with E-state index in [4.69, 9.17) is 9.51 Å². The molecule has 106 valence electrons. The van der Waals surface area contributed by atoms with Gasteiger partial charge in [0.1, 0.15) is 0 Å². The van der Waals surface area contributed by atoms with E-state index in [-0.39, 0.29) is 6.04 Å². The topological polar surface area (TPSA) is 55.9 Å². The Hall–Kier alpha value is -1.62. The first-order chi connectivity index (χ1) is 9.92. The third-order valence-corrected chi connectivity index (χ3v) is 4.65. The van der Waals surface area contributed by atoms with E-state index in [9.17, 15) is 0 Å². The minimum absolute atomic E-state index is 0.234. The SMILES string of the molecule is c1ccn([C@@H](c2noc(C3CNC3)n2)C2CCCC2)c1. The molecule has 4 rings (SSSR count). The third kappa shape index (κ3) is 2.06.